The number of nitrogens with one attached hydrogen (secondary N) is 3. The molecule has 0 atom stereocenters. The van der Waals surface area contributed by atoms with E-state index in [1.165, 1.54) is 0 Å². The summed E-state index contributed by atoms with van der Waals surface area (Å²) in [5, 5.41) is 5.56. The average molecular weight is 280 g/mol. The number of nitrogen functional groups attached to an aromatic ring is 1. The van der Waals surface area contributed by atoms with E-state index >= 15 is 0 Å². The van der Waals surface area contributed by atoms with Crippen molar-refractivity contribution in [3.63, 3.8) is 0 Å². The van der Waals surface area contributed by atoms with Crippen molar-refractivity contribution in [1.29, 1.82) is 0 Å². The number of aromatic nitrogens is 3. The Morgan fingerprint density at radius 3 is 2.60 bits per heavy atom. The first-order chi connectivity index (χ1) is 9.72. The van der Waals surface area contributed by atoms with Gasteiger partial charge in [-0.1, -0.05) is 0 Å². The first kappa shape index (κ1) is 14.3. The predicted molar refractivity (Wildman–Crippen MR) is 76.3 cm³/mol. The number of nitrogens with zero attached hydrogens (tertiary/aromatic N) is 4. The van der Waals surface area contributed by atoms with E-state index in [1.807, 2.05) is 6.92 Å². The van der Waals surface area contributed by atoms with E-state index in [0.717, 1.165) is 25.9 Å². The maximum absolute atomic E-state index is 11.4. The second-order valence-electron chi connectivity index (χ2n) is 4.43. The van der Waals surface area contributed by atoms with E-state index in [-0.39, 0.29) is 18.4 Å². The summed E-state index contributed by atoms with van der Waals surface area (Å²) in [7, 11) is 0. The van der Waals surface area contributed by atoms with Crippen LogP contribution in [0, 0.1) is 0 Å². The first-order valence-electron chi connectivity index (χ1n) is 6.71. The van der Waals surface area contributed by atoms with Crippen molar-refractivity contribution in [1.82, 2.24) is 20.3 Å². The summed E-state index contributed by atoms with van der Waals surface area (Å²) < 4.78 is 0. The highest BCUT2D eigenvalue weighted by Crippen LogP contribution is 2.18. The van der Waals surface area contributed by atoms with Crippen LogP contribution >= 0.6 is 0 Å². The van der Waals surface area contributed by atoms with Gasteiger partial charge in [0.05, 0.1) is 6.54 Å². The molecule has 9 heteroatoms. The summed E-state index contributed by atoms with van der Waals surface area (Å²) in [6.45, 7) is 4.41. The van der Waals surface area contributed by atoms with Crippen LogP contribution in [0.3, 0.4) is 0 Å². The summed E-state index contributed by atoms with van der Waals surface area (Å²) in [4.78, 5) is 26.1. The fourth-order valence-electron chi connectivity index (χ4n) is 1.99. The van der Waals surface area contributed by atoms with Gasteiger partial charge in [-0.2, -0.15) is 15.0 Å². The molecule has 1 fully saturated rings. The first-order valence-corrected chi connectivity index (χ1v) is 6.71. The highest BCUT2D eigenvalue weighted by atomic mass is 16.1. The van der Waals surface area contributed by atoms with Crippen LogP contribution in [0.2, 0.25) is 0 Å². The molecule has 110 valence electrons. The van der Waals surface area contributed by atoms with Gasteiger partial charge in [-0.25, -0.2) is 5.84 Å². The molecule has 0 radical (unpaired) electrons. The van der Waals surface area contributed by atoms with E-state index in [9.17, 15) is 4.79 Å². The lowest BCUT2D eigenvalue weighted by atomic mass is 10.4. The maximum atomic E-state index is 11.4. The molecule has 0 bridgehead atoms. The van der Waals surface area contributed by atoms with E-state index < -0.39 is 0 Å². The van der Waals surface area contributed by atoms with Crippen LogP contribution in [0.1, 0.15) is 19.8 Å². The number of amides is 1. The van der Waals surface area contributed by atoms with Crippen molar-refractivity contribution in [2.75, 3.05) is 41.8 Å². The summed E-state index contributed by atoms with van der Waals surface area (Å²) >= 11 is 0. The van der Waals surface area contributed by atoms with E-state index in [4.69, 9.17) is 5.84 Å². The number of hydrogen-bond acceptors (Lipinski definition) is 8. The monoisotopic (exact) mass is 280 g/mol. The molecule has 0 aromatic carbocycles. The molecule has 0 unspecified atom stereocenters. The number of carbonyl (C=O) groups excluding carboxylic acids is 1. The molecule has 2 rings (SSSR count). The maximum Gasteiger partial charge on any atom is 0.243 e. The van der Waals surface area contributed by atoms with Gasteiger partial charge in [0.25, 0.3) is 0 Å². The standard InChI is InChI=1S/C11H20N8O/c1-2-13-8(20)7-14-9-15-10(18-12)17-11(16-9)19-5-3-4-6-19/h2-7,12H2,1H3,(H,13,20)(H2,14,15,16,17,18). The number of nitrogens with two attached hydrogens (primary N) is 1. The molecule has 1 amide bonds. The summed E-state index contributed by atoms with van der Waals surface area (Å²) in [6, 6.07) is 0. The third-order valence-corrected chi connectivity index (χ3v) is 2.92. The van der Waals surface area contributed by atoms with Crippen LogP contribution in [0.4, 0.5) is 17.8 Å². The molecule has 1 aromatic rings. The molecule has 1 aliphatic heterocycles. The molecule has 20 heavy (non-hydrogen) atoms. The van der Waals surface area contributed by atoms with Crippen LogP contribution in [-0.2, 0) is 4.79 Å². The second kappa shape index (κ2) is 6.85. The van der Waals surface area contributed by atoms with Gasteiger partial charge in [-0.15, -0.1) is 0 Å². The van der Waals surface area contributed by atoms with Gasteiger partial charge in [-0.05, 0) is 19.8 Å². The Kier molecular flexibility index (Phi) is 4.88. The zero-order valence-corrected chi connectivity index (χ0v) is 11.5. The van der Waals surface area contributed by atoms with Crippen molar-refractivity contribution in [3.05, 3.63) is 0 Å². The summed E-state index contributed by atoms with van der Waals surface area (Å²) in [6.07, 6.45) is 2.25. The van der Waals surface area contributed by atoms with E-state index in [1.54, 1.807) is 0 Å². The molecule has 0 aliphatic carbocycles. The van der Waals surface area contributed by atoms with Crippen molar-refractivity contribution >= 4 is 23.8 Å². The highest BCUT2D eigenvalue weighted by molar-refractivity contribution is 5.80. The lowest BCUT2D eigenvalue weighted by molar-refractivity contribution is -0.119. The van der Waals surface area contributed by atoms with Crippen LogP contribution in [0.15, 0.2) is 0 Å². The third-order valence-electron chi connectivity index (χ3n) is 2.92. The Bertz CT molecular complexity index is 460. The molecule has 5 N–H and O–H groups in total. The zero-order chi connectivity index (χ0) is 14.4. The van der Waals surface area contributed by atoms with Crippen molar-refractivity contribution < 1.29 is 4.79 Å². The Morgan fingerprint density at radius 2 is 1.95 bits per heavy atom. The summed E-state index contributed by atoms with van der Waals surface area (Å²) in [5.41, 5.74) is 2.41. The Morgan fingerprint density at radius 1 is 1.25 bits per heavy atom. The molecule has 1 aromatic heterocycles. The smallest absolute Gasteiger partial charge is 0.243 e. The fourth-order valence-corrected chi connectivity index (χ4v) is 1.99. The minimum Gasteiger partial charge on any atom is -0.355 e. The van der Waals surface area contributed by atoms with Gasteiger partial charge in [0, 0.05) is 19.6 Å². The number of carbonyl (C=O) groups is 1. The van der Waals surface area contributed by atoms with Crippen molar-refractivity contribution in [2.45, 2.75) is 19.8 Å². The zero-order valence-electron chi connectivity index (χ0n) is 11.5. The highest BCUT2D eigenvalue weighted by Gasteiger charge is 2.17. The van der Waals surface area contributed by atoms with Crippen molar-refractivity contribution in [2.24, 2.45) is 5.84 Å². The molecule has 0 saturated carbocycles. The predicted octanol–water partition coefficient (Wildman–Crippen LogP) is -0.695. The van der Waals surface area contributed by atoms with Gasteiger partial charge >= 0.3 is 0 Å². The fraction of sp³-hybridized carbons (Fsp3) is 0.636. The number of rotatable bonds is 6. The summed E-state index contributed by atoms with van der Waals surface area (Å²) in [5.74, 6) is 6.43. The van der Waals surface area contributed by atoms with E-state index in [0.29, 0.717) is 18.4 Å². The molecule has 0 spiro atoms. The number of hydrogen-bond donors (Lipinski definition) is 4. The number of likely N-dealkylation sites (N-methyl/N-ethyl adjacent to an activating group) is 1. The molecule has 1 saturated heterocycles. The average Bonchev–Trinajstić information content (AvgIpc) is 2.99. The molecule has 2 heterocycles. The van der Waals surface area contributed by atoms with Gasteiger partial charge in [0.15, 0.2) is 0 Å². The van der Waals surface area contributed by atoms with Gasteiger partial charge in [-0.3, -0.25) is 10.2 Å². The van der Waals surface area contributed by atoms with E-state index in [2.05, 4.69) is 35.9 Å². The largest absolute Gasteiger partial charge is 0.355 e. The number of hydrazine groups is 1. The molecule has 9 nitrogen and oxygen atoms in total. The topological polar surface area (TPSA) is 121 Å². The quantitative estimate of drug-likeness (QED) is 0.399. The van der Waals surface area contributed by atoms with Crippen LogP contribution in [0.5, 0.6) is 0 Å². The Hall–Kier alpha value is -2.16. The van der Waals surface area contributed by atoms with Crippen LogP contribution < -0.4 is 26.8 Å². The lowest BCUT2D eigenvalue weighted by Gasteiger charge is -2.16. The molecule has 1 aliphatic rings. The van der Waals surface area contributed by atoms with Gasteiger partial charge in [0.2, 0.25) is 23.8 Å². The van der Waals surface area contributed by atoms with Crippen LogP contribution in [0.25, 0.3) is 0 Å². The Labute approximate surface area is 117 Å². The van der Waals surface area contributed by atoms with Gasteiger partial charge in [0.1, 0.15) is 0 Å². The molecular weight excluding hydrogens is 260 g/mol. The van der Waals surface area contributed by atoms with Crippen molar-refractivity contribution in [3.8, 4) is 0 Å². The second-order valence-corrected chi connectivity index (χ2v) is 4.43. The molecular formula is C11H20N8O. The number of anilines is 3. The lowest BCUT2D eigenvalue weighted by Crippen LogP contribution is -2.30. The third kappa shape index (κ3) is 3.67. The Balaban J connectivity index is 2.07. The van der Waals surface area contributed by atoms with Gasteiger partial charge < -0.3 is 15.5 Å². The SMILES string of the molecule is CCNC(=O)CNc1nc(NN)nc(N2CCCC2)n1. The minimum atomic E-state index is -0.113. The normalized spacial score (nSPS) is 14.2. The van der Waals surface area contributed by atoms with Crippen LogP contribution in [-0.4, -0.2) is 47.0 Å². The minimum absolute atomic E-state index is 0.112.